The molecular weight excluding hydrogens is 350 g/mol. The van der Waals surface area contributed by atoms with Crippen molar-refractivity contribution in [2.45, 2.75) is 26.2 Å². The molecule has 1 aliphatic carbocycles. The van der Waals surface area contributed by atoms with Crippen molar-refractivity contribution in [2.75, 3.05) is 24.6 Å². The Morgan fingerprint density at radius 3 is 2.71 bits per heavy atom. The highest BCUT2D eigenvalue weighted by atomic mass is 16.5. The molecule has 1 saturated heterocycles. The summed E-state index contributed by atoms with van der Waals surface area (Å²) in [5.41, 5.74) is 3.22. The first-order valence-electron chi connectivity index (χ1n) is 10.0. The minimum absolute atomic E-state index is 0.550. The smallest absolute Gasteiger partial charge is 0.138 e. The van der Waals surface area contributed by atoms with E-state index in [2.05, 4.69) is 28.2 Å². The molecule has 0 unspecified atom stereocenters. The van der Waals surface area contributed by atoms with Crippen LogP contribution in [0.25, 0.3) is 16.6 Å². The van der Waals surface area contributed by atoms with E-state index in [0.717, 1.165) is 53.1 Å². The summed E-state index contributed by atoms with van der Waals surface area (Å²) >= 11 is 0. The fourth-order valence-electron chi connectivity index (χ4n) is 4.80. The molecule has 3 aromatic heterocycles. The van der Waals surface area contributed by atoms with Gasteiger partial charge in [0.15, 0.2) is 0 Å². The lowest BCUT2D eigenvalue weighted by atomic mass is 10.0. The summed E-state index contributed by atoms with van der Waals surface area (Å²) in [6.45, 7) is 4.78. The number of hydrogen-bond donors (Lipinski definition) is 0. The molecule has 4 heterocycles. The van der Waals surface area contributed by atoms with Crippen LogP contribution in [-0.4, -0.2) is 34.3 Å². The van der Waals surface area contributed by atoms with Gasteiger partial charge in [-0.05, 0) is 49.8 Å². The van der Waals surface area contributed by atoms with Crippen molar-refractivity contribution in [1.29, 1.82) is 5.26 Å². The molecule has 1 saturated carbocycles. The maximum atomic E-state index is 9.48. The van der Waals surface area contributed by atoms with E-state index < -0.39 is 0 Å². The van der Waals surface area contributed by atoms with Gasteiger partial charge >= 0.3 is 0 Å². The minimum atomic E-state index is 0.550. The highest BCUT2D eigenvalue weighted by molar-refractivity contribution is 5.85. The fraction of sp³-hybridized carbons (Fsp3) is 0.409. The summed E-state index contributed by atoms with van der Waals surface area (Å²) in [7, 11) is 0. The molecule has 1 aliphatic heterocycles. The Morgan fingerprint density at radius 2 is 2.04 bits per heavy atom. The number of pyridine rings is 2. The second kappa shape index (κ2) is 6.83. The topological polar surface area (TPSA) is 66.5 Å². The molecule has 0 spiro atoms. The molecule has 0 aromatic carbocycles. The van der Waals surface area contributed by atoms with Crippen LogP contribution in [0.15, 0.2) is 36.8 Å². The van der Waals surface area contributed by atoms with E-state index >= 15 is 0 Å². The van der Waals surface area contributed by atoms with Gasteiger partial charge in [-0.1, -0.05) is 6.42 Å². The highest BCUT2D eigenvalue weighted by Crippen LogP contribution is 2.39. The molecular formula is C22H23N5O. The lowest BCUT2D eigenvalue weighted by Gasteiger charge is -2.18. The standard InChI is InChI=1S/C22H23N5O/c1-2-28-19-8-20(22-18(9-23)11-25-27(22)14-19)15-6-7-21(24-10-15)26-12-16-4-3-5-17(16)13-26/h6-8,10-11,14,16-17H,2-5,12-13H2,1H3/t16-,17+. The molecule has 142 valence electrons. The van der Waals surface area contributed by atoms with Crippen molar-refractivity contribution >= 4 is 11.3 Å². The molecule has 0 bridgehead atoms. The summed E-state index contributed by atoms with van der Waals surface area (Å²) < 4.78 is 7.41. The number of nitrogens with zero attached hydrogens (tertiary/aromatic N) is 5. The molecule has 2 atom stereocenters. The number of hydrogen-bond acceptors (Lipinski definition) is 5. The van der Waals surface area contributed by atoms with Gasteiger partial charge in [0, 0.05) is 30.4 Å². The summed E-state index contributed by atoms with van der Waals surface area (Å²) in [6.07, 6.45) is 9.42. The highest BCUT2D eigenvalue weighted by Gasteiger charge is 2.36. The lowest BCUT2D eigenvalue weighted by molar-refractivity contribution is 0.338. The van der Waals surface area contributed by atoms with Gasteiger partial charge in [-0.15, -0.1) is 0 Å². The zero-order valence-electron chi connectivity index (χ0n) is 16.0. The Balaban J connectivity index is 1.51. The SMILES string of the molecule is CCOc1cc(-c2ccc(N3C[C@H]4CCC[C@H]4C3)nc2)c2c(C#N)cnn2c1. The molecule has 28 heavy (non-hydrogen) atoms. The Kier molecular flexibility index (Phi) is 4.16. The van der Waals surface area contributed by atoms with Gasteiger partial charge < -0.3 is 9.64 Å². The Morgan fingerprint density at radius 1 is 1.21 bits per heavy atom. The van der Waals surface area contributed by atoms with Gasteiger partial charge in [0.1, 0.15) is 17.6 Å². The van der Waals surface area contributed by atoms with Crippen molar-refractivity contribution in [2.24, 2.45) is 11.8 Å². The van der Waals surface area contributed by atoms with Crippen LogP contribution in [0.4, 0.5) is 5.82 Å². The number of ether oxygens (including phenoxy) is 1. The van der Waals surface area contributed by atoms with E-state index in [1.54, 1.807) is 10.7 Å². The number of rotatable bonds is 4. The maximum absolute atomic E-state index is 9.48. The molecule has 0 N–H and O–H groups in total. The Bertz CT molecular complexity index is 1040. The van der Waals surface area contributed by atoms with Crippen molar-refractivity contribution < 1.29 is 4.74 Å². The van der Waals surface area contributed by atoms with Crippen LogP contribution in [0.2, 0.25) is 0 Å². The van der Waals surface area contributed by atoms with Crippen molar-refractivity contribution in [3.8, 4) is 22.9 Å². The molecule has 6 heteroatoms. The van der Waals surface area contributed by atoms with Crippen LogP contribution in [0.5, 0.6) is 5.75 Å². The molecule has 2 fully saturated rings. The largest absolute Gasteiger partial charge is 0.492 e. The first kappa shape index (κ1) is 17.1. The van der Waals surface area contributed by atoms with Crippen molar-refractivity contribution in [3.63, 3.8) is 0 Å². The maximum Gasteiger partial charge on any atom is 0.138 e. The minimum Gasteiger partial charge on any atom is -0.492 e. The van der Waals surface area contributed by atoms with Crippen LogP contribution in [0.1, 0.15) is 31.7 Å². The third-order valence-electron chi connectivity index (χ3n) is 6.13. The van der Waals surface area contributed by atoms with Crippen molar-refractivity contribution in [1.82, 2.24) is 14.6 Å². The third-order valence-corrected chi connectivity index (χ3v) is 6.13. The van der Waals surface area contributed by atoms with Gasteiger partial charge in [0.25, 0.3) is 0 Å². The van der Waals surface area contributed by atoms with Gasteiger partial charge in [0.2, 0.25) is 0 Å². The molecule has 0 amide bonds. The van der Waals surface area contributed by atoms with Crippen molar-refractivity contribution in [3.05, 3.63) is 42.4 Å². The quantitative estimate of drug-likeness (QED) is 0.694. The van der Waals surface area contributed by atoms with Crippen LogP contribution >= 0.6 is 0 Å². The van der Waals surface area contributed by atoms with Crippen LogP contribution in [0.3, 0.4) is 0 Å². The summed E-state index contributed by atoms with van der Waals surface area (Å²) in [5.74, 6) is 3.46. The normalized spacial score (nSPS) is 21.1. The average molecular weight is 373 g/mol. The van der Waals surface area contributed by atoms with Gasteiger partial charge in [-0.2, -0.15) is 10.4 Å². The average Bonchev–Trinajstić information content (AvgIpc) is 3.42. The van der Waals surface area contributed by atoms with Crippen LogP contribution < -0.4 is 9.64 Å². The monoisotopic (exact) mass is 373 g/mol. The lowest BCUT2D eigenvalue weighted by Crippen LogP contribution is -2.21. The Hall–Kier alpha value is -3.07. The van der Waals surface area contributed by atoms with E-state index in [4.69, 9.17) is 9.72 Å². The zero-order chi connectivity index (χ0) is 19.1. The molecule has 3 aromatic rings. The van der Waals surface area contributed by atoms with E-state index in [-0.39, 0.29) is 0 Å². The molecule has 2 aliphatic rings. The van der Waals surface area contributed by atoms with Gasteiger partial charge in [-0.3, -0.25) is 0 Å². The summed E-state index contributed by atoms with van der Waals surface area (Å²) in [4.78, 5) is 7.18. The van der Waals surface area contributed by atoms with E-state index in [9.17, 15) is 5.26 Å². The first-order valence-corrected chi connectivity index (χ1v) is 10.0. The molecule has 0 radical (unpaired) electrons. The Labute approximate surface area is 164 Å². The second-order valence-electron chi connectivity index (χ2n) is 7.75. The van der Waals surface area contributed by atoms with E-state index in [1.807, 2.05) is 25.4 Å². The molecule has 6 nitrogen and oxygen atoms in total. The second-order valence-corrected chi connectivity index (χ2v) is 7.75. The van der Waals surface area contributed by atoms with Crippen LogP contribution in [-0.2, 0) is 0 Å². The van der Waals surface area contributed by atoms with Gasteiger partial charge in [0.05, 0.1) is 30.1 Å². The first-order chi connectivity index (χ1) is 13.8. The zero-order valence-corrected chi connectivity index (χ0v) is 16.0. The molecule has 5 rings (SSSR count). The van der Waals surface area contributed by atoms with E-state index in [0.29, 0.717) is 12.2 Å². The predicted octanol–water partition coefficient (Wildman–Crippen LogP) is 3.90. The number of aromatic nitrogens is 3. The number of fused-ring (bicyclic) bond motifs is 2. The van der Waals surface area contributed by atoms with E-state index in [1.165, 1.54) is 19.3 Å². The summed E-state index contributed by atoms with van der Waals surface area (Å²) in [5, 5.41) is 13.8. The van der Waals surface area contributed by atoms with Gasteiger partial charge in [-0.25, -0.2) is 9.50 Å². The fourth-order valence-corrected chi connectivity index (χ4v) is 4.80. The van der Waals surface area contributed by atoms with Crippen LogP contribution in [0, 0.1) is 23.2 Å². The summed E-state index contributed by atoms with van der Waals surface area (Å²) in [6, 6.07) is 8.40. The third kappa shape index (κ3) is 2.78. The number of anilines is 1. The predicted molar refractivity (Wildman–Crippen MR) is 107 cm³/mol. The number of nitriles is 1.